The van der Waals surface area contributed by atoms with Crippen molar-refractivity contribution >= 4 is 28.6 Å². The van der Waals surface area contributed by atoms with Crippen molar-refractivity contribution in [2.75, 3.05) is 30.1 Å². The Morgan fingerprint density at radius 3 is 2.56 bits per heavy atom. The fourth-order valence-electron chi connectivity index (χ4n) is 3.88. The van der Waals surface area contributed by atoms with Crippen LogP contribution < -0.4 is 19.7 Å². The summed E-state index contributed by atoms with van der Waals surface area (Å²) in [5.41, 5.74) is 1.62. The first kappa shape index (κ1) is 16.1. The van der Waals surface area contributed by atoms with Crippen molar-refractivity contribution in [3.05, 3.63) is 18.2 Å². The summed E-state index contributed by atoms with van der Waals surface area (Å²) in [6.45, 7) is 6.61. The van der Waals surface area contributed by atoms with Crippen LogP contribution in [0.15, 0.2) is 22.8 Å². The molecular formula is C18H20N6O3. The largest absolute Gasteiger partial charge is 0.454 e. The van der Waals surface area contributed by atoms with Gasteiger partial charge in [-0.15, -0.1) is 0 Å². The number of piperidine rings is 1. The summed E-state index contributed by atoms with van der Waals surface area (Å²) >= 11 is 0. The van der Waals surface area contributed by atoms with Gasteiger partial charge in [-0.1, -0.05) is 13.8 Å². The van der Waals surface area contributed by atoms with E-state index in [0.29, 0.717) is 34.7 Å². The second-order valence-electron chi connectivity index (χ2n) is 7.35. The molecule has 9 nitrogen and oxygen atoms in total. The highest BCUT2D eigenvalue weighted by atomic mass is 16.7. The van der Waals surface area contributed by atoms with Gasteiger partial charge in [0.2, 0.25) is 18.1 Å². The predicted molar refractivity (Wildman–Crippen MR) is 98.4 cm³/mol. The van der Waals surface area contributed by atoms with Crippen molar-refractivity contribution in [1.29, 1.82) is 0 Å². The Morgan fingerprint density at radius 1 is 1.00 bits per heavy atom. The SMILES string of the molecule is CC1CC(C)CN(c2nc3nonc3nc2Nc2ccc3c(c2)OCO3)C1. The maximum absolute atomic E-state index is 5.46. The molecule has 0 radical (unpaired) electrons. The zero-order valence-electron chi connectivity index (χ0n) is 15.2. The molecule has 9 heteroatoms. The zero-order valence-corrected chi connectivity index (χ0v) is 15.2. The fourth-order valence-corrected chi connectivity index (χ4v) is 3.88. The number of nitrogens with one attached hydrogen (secondary N) is 1. The van der Waals surface area contributed by atoms with E-state index in [2.05, 4.69) is 44.3 Å². The Labute approximate surface area is 155 Å². The van der Waals surface area contributed by atoms with Gasteiger partial charge in [-0.05, 0) is 40.7 Å². The van der Waals surface area contributed by atoms with Crippen LogP contribution in [0.3, 0.4) is 0 Å². The maximum Gasteiger partial charge on any atom is 0.245 e. The number of fused-ring (bicyclic) bond motifs is 2. The molecule has 1 fully saturated rings. The van der Waals surface area contributed by atoms with Crippen LogP contribution in [0.5, 0.6) is 11.5 Å². The lowest BCUT2D eigenvalue weighted by Gasteiger charge is -2.36. The molecule has 0 aliphatic carbocycles. The molecule has 2 atom stereocenters. The van der Waals surface area contributed by atoms with E-state index in [1.807, 2.05) is 18.2 Å². The van der Waals surface area contributed by atoms with Gasteiger partial charge >= 0.3 is 0 Å². The van der Waals surface area contributed by atoms with Gasteiger partial charge in [-0.25, -0.2) is 14.6 Å². The molecule has 1 N–H and O–H groups in total. The molecule has 3 aromatic rings. The molecule has 1 aromatic carbocycles. The highest BCUT2D eigenvalue weighted by molar-refractivity contribution is 5.77. The summed E-state index contributed by atoms with van der Waals surface area (Å²) < 4.78 is 15.6. The zero-order chi connectivity index (χ0) is 18.4. The summed E-state index contributed by atoms with van der Waals surface area (Å²) in [6.07, 6.45) is 1.21. The molecule has 2 unspecified atom stereocenters. The lowest BCUT2D eigenvalue weighted by Crippen LogP contribution is -2.39. The Hall–Kier alpha value is -3.10. The molecule has 4 heterocycles. The van der Waals surface area contributed by atoms with Crippen LogP contribution in [-0.4, -0.2) is 40.2 Å². The molecule has 2 aliphatic heterocycles. The van der Waals surface area contributed by atoms with Crippen LogP contribution in [0, 0.1) is 11.8 Å². The second kappa shape index (κ2) is 6.26. The number of rotatable bonds is 3. The number of ether oxygens (including phenoxy) is 2. The number of nitrogens with zero attached hydrogens (tertiary/aromatic N) is 5. The van der Waals surface area contributed by atoms with E-state index in [0.717, 1.165) is 30.3 Å². The molecule has 1 saturated heterocycles. The normalized spacial score (nSPS) is 21.6. The molecule has 140 valence electrons. The predicted octanol–water partition coefficient (Wildman–Crippen LogP) is 2.97. The highest BCUT2D eigenvalue weighted by Crippen LogP contribution is 2.37. The average molecular weight is 368 g/mol. The smallest absolute Gasteiger partial charge is 0.245 e. The molecule has 2 aromatic heterocycles. The maximum atomic E-state index is 5.46. The lowest BCUT2D eigenvalue weighted by molar-refractivity contribution is 0.174. The number of anilines is 3. The Balaban J connectivity index is 1.54. The van der Waals surface area contributed by atoms with Gasteiger partial charge in [0.05, 0.1) is 0 Å². The van der Waals surface area contributed by atoms with Crippen LogP contribution in [0.25, 0.3) is 11.3 Å². The van der Waals surface area contributed by atoms with Crippen LogP contribution in [0.2, 0.25) is 0 Å². The molecule has 0 saturated carbocycles. The van der Waals surface area contributed by atoms with E-state index in [1.54, 1.807) is 0 Å². The van der Waals surface area contributed by atoms with E-state index < -0.39 is 0 Å². The minimum atomic E-state index is 0.240. The Morgan fingerprint density at radius 2 is 1.74 bits per heavy atom. The summed E-state index contributed by atoms with van der Waals surface area (Å²) in [7, 11) is 0. The number of benzene rings is 1. The lowest BCUT2D eigenvalue weighted by atomic mass is 9.92. The van der Waals surface area contributed by atoms with Gasteiger partial charge < -0.3 is 19.7 Å². The minimum absolute atomic E-state index is 0.240. The van der Waals surface area contributed by atoms with E-state index in [4.69, 9.17) is 14.1 Å². The van der Waals surface area contributed by atoms with E-state index in [9.17, 15) is 0 Å². The molecule has 2 aliphatic rings. The molecule has 0 amide bonds. The van der Waals surface area contributed by atoms with Gasteiger partial charge in [0, 0.05) is 24.8 Å². The average Bonchev–Trinajstić information content (AvgIpc) is 3.28. The Kier molecular flexibility index (Phi) is 3.73. The fraction of sp³-hybridized carbons (Fsp3) is 0.444. The first-order valence-corrected chi connectivity index (χ1v) is 9.07. The third kappa shape index (κ3) is 2.98. The van der Waals surface area contributed by atoms with Crippen LogP contribution >= 0.6 is 0 Å². The van der Waals surface area contributed by atoms with Gasteiger partial charge in [-0.3, -0.25) is 0 Å². The molecule has 0 bridgehead atoms. The van der Waals surface area contributed by atoms with Gasteiger partial charge in [0.15, 0.2) is 23.1 Å². The monoisotopic (exact) mass is 368 g/mol. The first-order chi connectivity index (χ1) is 13.2. The number of hydrogen-bond donors (Lipinski definition) is 1. The first-order valence-electron chi connectivity index (χ1n) is 9.07. The minimum Gasteiger partial charge on any atom is -0.454 e. The van der Waals surface area contributed by atoms with Gasteiger partial charge in [0.25, 0.3) is 0 Å². The summed E-state index contributed by atoms with van der Waals surface area (Å²) in [5, 5.41) is 11.0. The summed E-state index contributed by atoms with van der Waals surface area (Å²) in [4.78, 5) is 11.5. The van der Waals surface area contributed by atoms with Gasteiger partial charge in [-0.2, -0.15) is 0 Å². The third-order valence-electron chi connectivity index (χ3n) is 4.90. The van der Waals surface area contributed by atoms with Crippen molar-refractivity contribution in [2.45, 2.75) is 20.3 Å². The standard InChI is InChI=1S/C18H20N6O3/c1-10-5-11(2)8-24(7-10)18-17(20-15-16(21-18)23-27-22-15)19-12-3-4-13-14(6-12)26-9-25-13/h3-4,6,10-11H,5,7-9H2,1-2H3,(H,19,20,22). The third-order valence-corrected chi connectivity index (χ3v) is 4.90. The van der Waals surface area contributed by atoms with E-state index in [1.165, 1.54) is 6.42 Å². The van der Waals surface area contributed by atoms with Crippen LogP contribution in [-0.2, 0) is 0 Å². The molecule has 5 rings (SSSR count). The number of hydrogen-bond acceptors (Lipinski definition) is 9. The summed E-state index contributed by atoms with van der Waals surface area (Å²) in [5.74, 6) is 3.99. The van der Waals surface area contributed by atoms with Gasteiger partial charge in [0.1, 0.15) is 0 Å². The molecule has 27 heavy (non-hydrogen) atoms. The molecular weight excluding hydrogens is 348 g/mol. The van der Waals surface area contributed by atoms with Crippen molar-refractivity contribution in [3.8, 4) is 11.5 Å². The summed E-state index contributed by atoms with van der Waals surface area (Å²) in [6, 6.07) is 5.69. The molecule has 0 spiro atoms. The van der Waals surface area contributed by atoms with Crippen molar-refractivity contribution < 1.29 is 14.1 Å². The van der Waals surface area contributed by atoms with Crippen molar-refractivity contribution in [1.82, 2.24) is 20.3 Å². The van der Waals surface area contributed by atoms with Crippen molar-refractivity contribution in [3.63, 3.8) is 0 Å². The quantitative estimate of drug-likeness (QED) is 0.748. The highest BCUT2D eigenvalue weighted by Gasteiger charge is 2.26. The number of aromatic nitrogens is 4. The second-order valence-corrected chi connectivity index (χ2v) is 7.35. The topological polar surface area (TPSA) is 98.4 Å². The van der Waals surface area contributed by atoms with E-state index >= 15 is 0 Å². The van der Waals surface area contributed by atoms with Crippen LogP contribution in [0.4, 0.5) is 17.3 Å². The van der Waals surface area contributed by atoms with Crippen LogP contribution in [0.1, 0.15) is 20.3 Å². The Bertz CT molecular complexity index is 980. The van der Waals surface area contributed by atoms with E-state index in [-0.39, 0.29) is 6.79 Å². The van der Waals surface area contributed by atoms with Crippen molar-refractivity contribution in [2.24, 2.45) is 11.8 Å².